The number of thiazole rings is 1. The van der Waals surface area contributed by atoms with Crippen LogP contribution in [-0.4, -0.2) is 45.3 Å². The fourth-order valence-electron chi connectivity index (χ4n) is 4.09. The lowest BCUT2D eigenvalue weighted by Gasteiger charge is -2.39. The minimum Gasteiger partial charge on any atom is -0.444 e. The van der Waals surface area contributed by atoms with Gasteiger partial charge in [0, 0.05) is 35.3 Å². The van der Waals surface area contributed by atoms with Crippen molar-refractivity contribution in [1.82, 2.24) is 14.9 Å². The highest BCUT2D eigenvalue weighted by atomic mass is 32.2. The van der Waals surface area contributed by atoms with Gasteiger partial charge in [0.25, 0.3) is 5.91 Å². The van der Waals surface area contributed by atoms with E-state index in [1.165, 1.54) is 6.08 Å². The average molecular weight is 540 g/mol. The van der Waals surface area contributed by atoms with Crippen molar-refractivity contribution in [1.29, 1.82) is 0 Å². The van der Waals surface area contributed by atoms with Crippen molar-refractivity contribution in [3.05, 3.63) is 66.5 Å². The fraction of sp³-hybridized carbons (Fsp3) is 0.407. The molecule has 1 aromatic carbocycles. The highest BCUT2D eigenvalue weighted by molar-refractivity contribution is 8.00. The Morgan fingerprint density at radius 2 is 2.00 bits per heavy atom. The number of rotatable bonds is 8. The van der Waals surface area contributed by atoms with E-state index in [1.54, 1.807) is 47.4 Å². The van der Waals surface area contributed by atoms with E-state index in [1.807, 2.05) is 17.3 Å². The van der Waals surface area contributed by atoms with Gasteiger partial charge in [-0.15, -0.1) is 11.8 Å². The first-order valence-electron chi connectivity index (χ1n) is 12.3. The second-order valence-corrected chi connectivity index (χ2v) is 12.4. The Bertz CT molecular complexity index is 1250. The Morgan fingerprint density at radius 1 is 1.24 bits per heavy atom. The van der Waals surface area contributed by atoms with Crippen LogP contribution in [0.2, 0.25) is 0 Å². The van der Waals surface area contributed by atoms with Crippen molar-refractivity contribution in [3.8, 4) is 0 Å². The first kappa shape index (κ1) is 26.9. The maximum atomic E-state index is 13.2. The highest BCUT2D eigenvalue weighted by Gasteiger charge is 2.32. The lowest BCUT2D eigenvalue weighted by Crippen LogP contribution is -2.52. The molecule has 37 heavy (non-hydrogen) atoms. The number of hydrogen-bond acceptors (Lipinski definition) is 8. The predicted octanol–water partition coefficient (Wildman–Crippen LogP) is 5.95. The van der Waals surface area contributed by atoms with Gasteiger partial charge < -0.3 is 20.0 Å². The third-order valence-electron chi connectivity index (χ3n) is 6.26. The highest BCUT2D eigenvalue weighted by Crippen LogP contribution is 2.33. The number of thioether (sulfide) groups is 1. The number of piperidine rings is 1. The van der Waals surface area contributed by atoms with E-state index >= 15 is 0 Å². The summed E-state index contributed by atoms with van der Waals surface area (Å²) < 4.78 is 6.97. The van der Waals surface area contributed by atoms with Crippen LogP contribution in [0.15, 0.2) is 57.9 Å². The van der Waals surface area contributed by atoms with Crippen LogP contribution in [0, 0.1) is 0 Å². The Balaban J connectivity index is 1.33. The number of benzene rings is 1. The number of nitrogens with zero attached hydrogens (tertiary/aromatic N) is 3. The summed E-state index contributed by atoms with van der Waals surface area (Å²) in [5.74, 6) is 1.94. The molecule has 0 bridgehead atoms. The van der Waals surface area contributed by atoms with Crippen LogP contribution in [0.4, 0.5) is 10.8 Å². The molecule has 0 spiro atoms. The molecule has 1 fully saturated rings. The Hall–Kier alpha value is -3.11. The molecule has 3 heterocycles. The van der Waals surface area contributed by atoms with E-state index in [4.69, 9.17) is 4.42 Å². The summed E-state index contributed by atoms with van der Waals surface area (Å²) >= 11 is 3.25. The molecule has 0 unspecified atom stereocenters. The van der Waals surface area contributed by atoms with Gasteiger partial charge in [-0.25, -0.2) is 9.97 Å². The molecule has 10 heteroatoms. The summed E-state index contributed by atoms with van der Waals surface area (Å²) in [5, 5.41) is 7.10. The van der Waals surface area contributed by atoms with Gasteiger partial charge in [-0.2, -0.15) is 0 Å². The normalized spacial score (nSPS) is 17.9. The minimum atomic E-state index is -0.284. The average Bonchev–Trinajstić information content (AvgIpc) is 3.54. The van der Waals surface area contributed by atoms with Gasteiger partial charge in [-0.05, 0) is 50.1 Å². The van der Waals surface area contributed by atoms with Gasteiger partial charge in [-0.1, -0.05) is 38.7 Å². The van der Waals surface area contributed by atoms with Gasteiger partial charge >= 0.3 is 0 Å². The zero-order valence-electron chi connectivity index (χ0n) is 21.6. The van der Waals surface area contributed by atoms with E-state index in [-0.39, 0.29) is 29.3 Å². The monoisotopic (exact) mass is 539 g/mol. The number of carbonyl (C=O) groups is 2. The molecule has 2 atom stereocenters. The molecule has 0 radical (unpaired) electrons. The first-order chi connectivity index (χ1) is 17.6. The largest absolute Gasteiger partial charge is 0.444 e. The quantitative estimate of drug-likeness (QED) is 0.269. The number of oxazole rings is 1. The standard InChI is InChI=1S/C27H33N5O3S2/c1-6-22(33)30-19-11-9-18(10-12-19)25(34)32-13-7-8-20(17(32)2)31-26-29-15-24(37-26)36-16-23-28-14-21(35-23)27(3,4)5/h6,9-12,14-15,17,20H,1,7-8,13,16H2,2-5H3,(H,29,31)(H,30,33)/t17-,20-/m1/s1. The smallest absolute Gasteiger partial charge is 0.254 e. The SMILES string of the molecule is C=CC(=O)Nc1ccc(C(=O)N2CCC[C@@H](Nc3ncc(SCc4ncc(C(C)(C)C)o4)s3)[C@H]2C)cc1. The molecule has 2 amide bonds. The van der Waals surface area contributed by atoms with Crippen molar-refractivity contribution < 1.29 is 14.0 Å². The zero-order valence-corrected chi connectivity index (χ0v) is 23.2. The zero-order chi connectivity index (χ0) is 26.6. The number of aromatic nitrogens is 2. The molecule has 1 aliphatic rings. The maximum absolute atomic E-state index is 13.2. The summed E-state index contributed by atoms with van der Waals surface area (Å²) in [7, 11) is 0. The minimum absolute atomic E-state index is 0.00420. The topological polar surface area (TPSA) is 100 Å². The van der Waals surface area contributed by atoms with Gasteiger partial charge in [0.05, 0.1) is 22.4 Å². The summed E-state index contributed by atoms with van der Waals surface area (Å²) in [4.78, 5) is 35.6. The van der Waals surface area contributed by atoms with Crippen molar-refractivity contribution in [2.75, 3.05) is 17.2 Å². The van der Waals surface area contributed by atoms with Crippen LogP contribution in [0.5, 0.6) is 0 Å². The lowest BCUT2D eigenvalue weighted by atomic mass is 9.94. The van der Waals surface area contributed by atoms with E-state index in [2.05, 4.69) is 54.9 Å². The third kappa shape index (κ3) is 6.81. The van der Waals surface area contributed by atoms with Crippen molar-refractivity contribution in [3.63, 3.8) is 0 Å². The van der Waals surface area contributed by atoms with Crippen LogP contribution in [0.3, 0.4) is 0 Å². The number of nitrogens with one attached hydrogen (secondary N) is 2. The number of amides is 2. The first-order valence-corrected chi connectivity index (χ1v) is 14.1. The second-order valence-electron chi connectivity index (χ2n) is 10.0. The van der Waals surface area contributed by atoms with Gasteiger partial charge in [0.2, 0.25) is 11.8 Å². The molecule has 1 aliphatic heterocycles. The molecule has 4 rings (SSSR count). The van der Waals surface area contributed by atoms with Crippen LogP contribution in [-0.2, 0) is 16.0 Å². The predicted molar refractivity (Wildman–Crippen MR) is 149 cm³/mol. The fourth-order valence-corrected chi connectivity index (χ4v) is 5.87. The summed E-state index contributed by atoms with van der Waals surface area (Å²) in [6, 6.07) is 7.06. The molecule has 2 aromatic heterocycles. The molecule has 1 saturated heterocycles. The van der Waals surface area contributed by atoms with Crippen molar-refractivity contribution >= 4 is 45.7 Å². The summed E-state index contributed by atoms with van der Waals surface area (Å²) in [5.41, 5.74) is 1.16. The summed E-state index contributed by atoms with van der Waals surface area (Å²) in [6.07, 6.45) is 6.76. The molecule has 196 valence electrons. The van der Waals surface area contributed by atoms with Crippen LogP contribution < -0.4 is 10.6 Å². The van der Waals surface area contributed by atoms with Crippen LogP contribution >= 0.6 is 23.1 Å². The van der Waals surface area contributed by atoms with Crippen molar-refractivity contribution in [2.24, 2.45) is 0 Å². The maximum Gasteiger partial charge on any atom is 0.254 e. The van der Waals surface area contributed by atoms with Gasteiger partial charge in [0.1, 0.15) is 5.76 Å². The Labute approximate surface area is 226 Å². The molecule has 2 N–H and O–H groups in total. The molecule has 8 nitrogen and oxygen atoms in total. The summed E-state index contributed by atoms with van der Waals surface area (Å²) in [6.45, 7) is 12.5. The number of anilines is 2. The van der Waals surface area contributed by atoms with Crippen LogP contribution in [0.1, 0.15) is 62.5 Å². The molecule has 0 saturated carbocycles. The number of likely N-dealkylation sites (tertiary alicyclic amines) is 1. The number of carbonyl (C=O) groups excluding carboxylic acids is 2. The van der Waals surface area contributed by atoms with Crippen LogP contribution in [0.25, 0.3) is 0 Å². The van der Waals surface area contributed by atoms with E-state index in [0.29, 0.717) is 29.4 Å². The third-order valence-corrected chi connectivity index (χ3v) is 8.37. The van der Waals surface area contributed by atoms with Gasteiger partial charge in [0.15, 0.2) is 5.13 Å². The number of hydrogen-bond donors (Lipinski definition) is 2. The van der Waals surface area contributed by atoms with E-state index < -0.39 is 0 Å². The van der Waals surface area contributed by atoms with Gasteiger partial charge in [-0.3, -0.25) is 9.59 Å². The second kappa shape index (κ2) is 11.5. The van der Waals surface area contributed by atoms with E-state index in [0.717, 1.165) is 27.9 Å². The molecular weight excluding hydrogens is 506 g/mol. The molecule has 3 aromatic rings. The Morgan fingerprint density at radius 3 is 2.68 bits per heavy atom. The van der Waals surface area contributed by atoms with E-state index in [9.17, 15) is 9.59 Å². The molecular formula is C27H33N5O3S2. The van der Waals surface area contributed by atoms with Crippen molar-refractivity contribution in [2.45, 2.75) is 68.0 Å². The Kier molecular flexibility index (Phi) is 8.39. The lowest BCUT2D eigenvalue weighted by molar-refractivity contribution is -0.111. The molecule has 0 aliphatic carbocycles.